The number of ether oxygens (including phenoxy) is 1. The van der Waals surface area contributed by atoms with Crippen molar-refractivity contribution in [3.8, 4) is 56.0 Å². The third kappa shape index (κ3) is 5.34. The van der Waals surface area contributed by atoms with Gasteiger partial charge in [0.2, 0.25) is 0 Å². The fraction of sp³-hybridized carbons (Fsp3) is 0.0213. The van der Waals surface area contributed by atoms with Gasteiger partial charge in [-0.25, -0.2) is 0 Å². The molecule has 0 aliphatic carbocycles. The smallest absolute Gasteiger partial charge is 0.152 e. The lowest BCUT2D eigenvalue weighted by atomic mass is 9.97. The summed E-state index contributed by atoms with van der Waals surface area (Å²) in [4.78, 5) is 2.35. The number of anilines is 3. The van der Waals surface area contributed by atoms with E-state index in [1.807, 2.05) is 0 Å². The molecule has 1 aliphatic heterocycles. The number of benzene rings is 8. The molecule has 0 saturated heterocycles. The molecule has 2 nitrogen and oxygen atoms in total. The molecule has 232 valence electrons. The van der Waals surface area contributed by atoms with Crippen LogP contribution in [0.3, 0.4) is 0 Å². The molecule has 8 aromatic carbocycles. The predicted octanol–water partition coefficient (Wildman–Crippen LogP) is 13.4. The standard InChI is InChI=1S/C47H33NO/c1-32-14-16-34(17-15-32)36-20-24-38(25-21-36)41-27-29-45-47(31-41)49-46-30-40(37-22-18-35(19-23-37)33-8-3-2-4-9-33)26-28-44(46)48(45)43-13-7-11-39-10-5-6-12-42(39)43/h2-31H,1H3. The zero-order valence-electron chi connectivity index (χ0n) is 27.2. The van der Waals surface area contributed by atoms with Gasteiger partial charge in [0, 0.05) is 5.39 Å². The van der Waals surface area contributed by atoms with Gasteiger partial charge in [0.05, 0.1) is 17.1 Å². The molecule has 49 heavy (non-hydrogen) atoms. The fourth-order valence-electron chi connectivity index (χ4n) is 6.92. The van der Waals surface area contributed by atoms with Gasteiger partial charge in [-0.2, -0.15) is 0 Å². The summed E-state index contributed by atoms with van der Waals surface area (Å²) in [6.45, 7) is 2.12. The van der Waals surface area contributed by atoms with Gasteiger partial charge in [-0.1, -0.05) is 157 Å². The molecule has 0 spiro atoms. The van der Waals surface area contributed by atoms with Crippen LogP contribution in [0.1, 0.15) is 5.56 Å². The van der Waals surface area contributed by atoms with Crippen molar-refractivity contribution in [3.63, 3.8) is 0 Å². The molecular formula is C47H33NO. The largest absolute Gasteiger partial charge is 0.453 e. The Morgan fingerprint density at radius 3 is 1.35 bits per heavy atom. The van der Waals surface area contributed by atoms with Gasteiger partial charge in [-0.3, -0.25) is 0 Å². The van der Waals surface area contributed by atoms with Crippen molar-refractivity contribution < 1.29 is 4.74 Å². The highest BCUT2D eigenvalue weighted by atomic mass is 16.5. The molecule has 0 atom stereocenters. The van der Waals surface area contributed by atoms with Crippen molar-refractivity contribution in [2.24, 2.45) is 0 Å². The molecule has 1 heterocycles. The van der Waals surface area contributed by atoms with E-state index < -0.39 is 0 Å². The molecule has 0 amide bonds. The second-order valence-corrected chi connectivity index (χ2v) is 12.7. The summed E-state index contributed by atoms with van der Waals surface area (Å²) in [7, 11) is 0. The van der Waals surface area contributed by atoms with Gasteiger partial charge >= 0.3 is 0 Å². The summed E-state index contributed by atoms with van der Waals surface area (Å²) >= 11 is 0. The predicted molar refractivity (Wildman–Crippen MR) is 205 cm³/mol. The van der Waals surface area contributed by atoms with E-state index in [-0.39, 0.29) is 0 Å². The van der Waals surface area contributed by atoms with Crippen LogP contribution in [0.15, 0.2) is 182 Å². The van der Waals surface area contributed by atoms with E-state index in [1.165, 1.54) is 38.6 Å². The highest BCUT2D eigenvalue weighted by Gasteiger charge is 2.28. The Morgan fingerprint density at radius 2 is 0.776 bits per heavy atom. The second kappa shape index (κ2) is 12.0. The fourth-order valence-corrected chi connectivity index (χ4v) is 6.92. The van der Waals surface area contributed by atoms with Crippen LogP contribution < -0.4 is 9.64 Å². The van der Waals surface area contributed by atoms with Crippen LogP contribution in [0, 0.1) is 6.92 Å². The first-order valence-corrected chi connectivity index (χ1v) is 16.8. The minimum Gasteiger partial charge on any atom is -0.453 e. The van der Waals surface area contributed by atoms with Crippen molar-refractivity contribution in [2.75, 3.05) is 4.90 Å². The van der Waals surface area contributed by atoms with Gasteiger partial charge in [0.1, 0.15) is 0 Å². The molecule has 0 radical (unpaired) electrons. The van der Waals surface area contributed by atoms with Crippen molar-refractivity contribution in [3.05, 3.63) is 188 Å². The lowest BCUT2D eigenvalue weighted by Gasteiger charge is -2.34. The maximum Gasteiger partial charge on any atom is 0.152 e. The SMILES string of the molecule is Cc1ccc(-c2ccc(-c3ccc4c(c3)Oc3cc(-c5ccc(-c6ccccc6)cc5)ccc3N4c3cccc4ccccc34)cc2)cc1. The third-order valence-electron chi connectivity index (χ3n) is 9.56. The zero-order chi connectivity index (χ0) is 32.7. The Morgan fingerprint density at radius 1 is 0.347 bits per heavy atom. The lowest BCUT2D eigenvalue weighted by Crippen LogP contribution is -2.16. The van der Waals surface area contributed by atoms with Gasteiger partial charge in [-0.15, -0.1) is 0 Å². The Balaban J connectivity index is 1.13. The Hall–Kier alpha value is -6.38. The normalized spacial score (nSPS) is 11.9. The quantitative estimate of drug-likeness (QED) is 0.188. The van der Waals surface area contributed by atoms with Crippen molar-refractivity contribution >= 4 is 27.8 Å². The number of nitrogens with zero attached hydrogens (tertiary/aromatic N) is 1. The van der Waals surface area contributed by atoms with Crippen molar-refractivity contribution in [1.29, 1.82) is 0 Å². The first-order valence-electron chi connectivity index (χ1n) is 16.8. The number of fused-ring (bicyclic) bond motifs is 3. The first-order chi connectivity index (χ1) is 24.2. The molecular weight excluding hydrogens is 595 g/mol. The second-order valence-electron chi connectivity index (χ2n) is 12.7. The highest BCUT2D eigenvalue weighted by molar-refractivity contribution is 6.01. The number of hydrogen-bond donors (Lipinski definition) is 0. The molecule has 0 saturated carbocycles. The molecule has 8 aromatic rings. The Kier molecular flexibility index (Phi) is 7.06. The van der Waals surface area contributed by atoms with E-state index >= 15 is 0 Å². The average molecular weight is 628 g/mol. The highest BCUT2D eigenvalue weighted by Crippen LogP contribution is 2.53. The van der Waals surface area contributed by atoms with Crippen molar-refractivity contribution in [1.82, 2.24) is 0 Å². The van der Waals surface area contributed by atoms with Crippen LogP contribution in [-0.2, 0) is 0 Å². The number of hydrogen-bond acceptors (Lipinski definition) is 2. The summed E-state index contributed by atoms with van der Waals surface area (Å²) in [5.74, 6) is 1.66. The van der Waals surface area contributed by atoms with Gasteiger partial charge in [0.25, 0.3) is 0 Å². The van der Waals surface area contributed by atoms with E-state index in [2.05, 4.69) is 194 Å². The minimum absolute atomic E-state index is 0.830. The van der Waals surface area contributed by atoms with E-state index in [0.717, 1.165) is 50.8 Å². The third-order valence-corrected chi connectivity index (χ3v) is 9.56. The molecule has 9 rings (SSSR count). The number of rotatable bonds is 5. The Labute approximate surface area is 287 Å². The zero-order valence-corrected chi connectivity index (χ0v) is 27.2. The maximum absolute atomic E-state index is 6.82. The monoisotopic (exact) mass is 627 g/mol. The van der Waals surface area contributed by atoms with E-state index in [4.69, 9.17) is 4.74 Å². The van der Waals surface area contributed by atoms with Crippen molar-refractivity contribution in [2.45, 2.75) is 6.92 Å². The van der Waals surface area contributed by atoms with Gasteiger partial charge in [-0.05, 0) is 87.1 Å². The average Bonchev–Trinajstić information content (AvgIpc) is 3.17. The molecule has 0 aromatic heterocycles. The van der Waals surface area contributed by atoms with Crippen LogP contribution in [0.25, 0.3) is 55.3 Å². The summed E-state index contributed by atoms with van der Waals surface area (Å²) < 4.78 is 6.82. The van der Waals surface area contributed by atoms with Crippen LogP contribution in [0.5, 0.6) is 11.5 Å². The lowest BCUT2D eigenvalue weighted by molar-refractivity contribution is 0.477. The van der Waals surface area contributed by atoms with E-state index in [1.54, 1.807) is 0 Å². The molecule has 1 aliphatic rings. The summed E-state index contributed by atoms with van der Waals surface area (Å²) in [6.07, 6.45) is 0. The maximum atomic E-state index is 6.82. The van der Waals surface area contributed by atoms with Gasteiger partial charge in [0.15, 0.2) is 11.5 Å². The first kappa shape index (κ1) is 28.8. The molecule has 0 unspecified atom stereocenters. The van der Waals surface area contributed by atoms with E-state index in [0.29, 0.717) is 0 Å². The summed E-state index contributed by atoms with van der Waals surface area (Å²) in [5, 5.41) is 2.40. The molecule has 0 bridgehead atoms. The number of aryl methyl sites for hydroxylation is 1. The van der Waals surface area contributed by atoms with Crippen LogP contribution in [0.4, 0.5) is 17.1 Å². The Bertz CT molecular complexity index is 2440. The molecule has 2 heteroatoms. The molecule has 0 fully saturated rings. The minimum atomic E-state index is 0.830. The summed E-state index contributed by atoms with van der Waals surface area (Å²) in [6, 6.07) is 65.0. The van der Waals surface area contributed by atoms with Crippen LogP contribution >= 0.6 is 0 Å². The van der Waals surface area contributed by atoms with Gasteiger partial charge < -0.3 is 9.64 Å². The van der Waals surface area contributed by atoms with Crippen LogP contribution in [-0.4, -0.2) is 0 Å². The summed E-state index contributed by atoms with van der Waals surface area (Å²) in [5.41, 5.74) is 13.8. The molecule has 0 N–H and O–H groups in total. The topological polar surface area (TPSA) is 12.5 Å². The van der Waals surface area contributed by atoms with Crippen LogP contribution in [0.2, 0.25) is 0 Å². The van der Waals surface area contributed by atoms with E-state index in [9.17, 15) is 0 Å².